The van der Waals surface area contributed by atoms with Crippen molar-refractivity contribution in [1.82, 2.24) is 10.1 Å². The van der Waals surface area contributed by atoms with Gasteiger partial charge in [-0.2, -0.15) is 4.98 Å². The fourth-order valence-corrected chi connectivity index (χ4v) is 2.06. The van der Waals surface area contributed by atoms with Crippen LogP contribution in [0.15, 0.2) is 28.8 Å². The Balaban J connectivity index is 0.00000133. The van der Waals surface area contributed by atoms with Gasteiger partial charge in [0.1, 0.15) is 5.75 Å². The summed E-state index contributed by atoms with van der Waals surface area (Å²) in [5.41, 5.74) is 6.65. The van der Waals surface area contributed by atoms with Gasteiger partial charge in [-0.15, -0.1) is 12.4 Å². The van der Waals surface area contributed by atoms with E-state index in [1.54, 1.807) is 7.11 Å². The van der Waals surface area contributed by atoms with Crippen molar-refractivity contribution in [2.75, 3.05) is 7.11 Å². The van der Waals surface area contributed by atoms with Gasteiger partial charge in [0, 0.05) is 5.56 Å². The average molecular weight is 282 g/mol. The van der Waals surface area contributed by atoms with Crippen LogP contribution in [0.2, 0.25) is 0 Å². The fourth-order valence-electron chi connectivity index (χ4n) is 2.06. The van der Waals surface area contributed by atoms with E-state index in [1.165, 1.54) is 0 Å². The first-order chi connectivity index (χ1) is 8.71. The third kappa shape index (κ3) is 2.43. The smallest absolute Gasteiger partial charge is 0.257 e. The van der Waals surface area contributed by atoms with Gasteiger partial charge >= 0.3 is 0 Å². The normalized spacial score (nSPS) is 16.3. The van der Waals surface area contributed by atoms with Gasteiger partial charge in [0.25, 0.3) is 5.89 Å². The van der Waals surface area contributed by atoms with Gasteiger partial charge in [0.15, 0.2) is 5.82 Å². The molecule has 1 aromatic carbocycles. The number of aromatic nitrogens is 2. The van der Waals surface area contributed by atoms with Crippen LogP contribution >= 0.6 is 12.4 Å². The molecule has 1 aromatic heterocycles. The van der Waals surface area contributed by atoms with E-state index in [4.69, 9.17) is 15.0 Å². The van der Waals surface area contributed by atoms with E-state index in [2.05, 4.69) is 10.1 Å². The second kappa shape index (κ2) is 5.19. The molecule has 0 bridgehead atoms. The van der Waals surface area contributed by atoms with Crippen molar-refractivity contribution in [2.45, 2.75) is 24.8 Å². The van der Waals surface area contributed by atoms with Crippen LogP contribution in [0.25, 0.3) is 11.5 Å². The van der Waals surface area contributed by atoms with E-state index >= 15 is 0 Å². The molecule has 0 radical (unpaired) electrons. The van der Waals surface area contributed by atoms with Crippen molar-refractivity contribution in [3.05, 3.63) is 30.1 Å². The molecule has 1 aliphatic rings. The molecule has 0 amide bonds. The Morgan fingerprint density at radius 1 is 1.26 bits per heavy atom. The average Bonchev–Trinajstić information content (AvgIpc) is 2.86. The largest absolute Gasteiger partial charge is 0.497 e. The number of hydrogen-bond acceptors (Lipinski definition) is 5. The summed E-state index contributed by atoms with van der Waals surface area (Å²) in [5.74, 6) is 1.91. The lowest BCUT2D eigenvalue weighted by Crippen LogP contribution is -2.44. The zero-order valence-electron chi connectivity index (χ0n) is 10.6. The van der Waals surface area contributed by atoms with Crippen LogP contribution in [-0.2, 0) is 5.54 Å². The Morgan fingerprint density at radius 3 is 2.47 bits per heavy atom. The number of halogens is 1. The number of ether oxygens (including phenoxy) is 1. The van der Waals surface area contributed by atoms with Gasteiger partial charge in [-0.05, 0) is 43.5 Å². The van der Waals surface area contributed by atoms with E-state index in [0.717, 1.165) is 30.6 Å². The molecule has 2 aromatic rings. The minimum absolute atomic E-state index is 0. The SMILES string of the molecule is COc1ccc(-c2nc(C3(N)CCC3)no2)cc1.Cl. The van der Waals surface area contributed by atoms with Gasteiger partial charge in [-0.1, -0.05) is 5.16 Å². The summed E-state index contributed by atoms with van der Waals surface area (Å²) in [6, 6.07) is 7.50. The van der Waals surface area contributed by atoms with Crippen LogP contribution in [0.4, 0.5) is 0 Å². The van der Waals surface area contributed by atoms with Crippen molar-refractivity contribution in [1.29, 1.82) is 0 Å². The molecule has 1 fully saturated rings. The van der Waals surface area contributed by atoms with Crippen LogP contribution in [0.5, 0.6) is 5.75 Å². The lowest BCUT2D eigenvalue weighted by molar-refractivity contribution is 0.229. The first kappa shape index (κ1) is 13.8. The van der Waals surface area contributed by atoms with E-state index in [1.807, 2.05) is 24.3 Å². The summed E-state index contributed by atoms with van der Waals surface area (Å²) in [6.07, 6.45) is 2.98. The van der Waals surface area contributed by atoms with Crippen LogP contribution in [0.1, 0.15) is 25.1 Å². The van der Waals surface area contributed by atoms with Crippen LogP contribution in [0.3, 0.4) is 0 Å². The van der Waals surface area contributed by atoms with Crippen LogP contribution in [0, 0.1) is 0 Å². The predicted octanol–water partition coefficient (Wildman–Crippen LogP) is 2.50. The predicted molar refractivity (Wildman–Crippen MR) is 73.3 cm³/mol. The number of benzene rings is 1. The van der Waals surface area contributed by atoms with E-state index in [0.29, 0.717) is 11.7 Å². The highest BCUT2D eigenvalue weighted by Gasteiger charge is 2.39. The maximum Gasteiger partial charge on any atom is 0.257 e. The molecule has 0 saturated heterocycles. The molecule has 0 aliphatic heterocycles. The number of nitrogens with two attached hydrogens (primary N) is 1. The zero-order chi connectivity index (χ0) is 12.6. The molecule has 0 spiro atoms. The Morgan fingerprint density at radius 2 is 1.95 bits per heavy atom. The minimum atomic E-state index is -0.381. The summed E-state index contributed by atoms with van der Waals surface area (Å²) < 4.78 is 10.4. The van der Waals surface area contributed by atoms with Gasteiger partial charge in [0.2, 0.25) is 0 Å². The topological polar surface area (TPSA) is 74.2 Å². The van der Waals surface area contributed by atoms with Gasteiger partial charge in [-0.25, -0.2) is 0 Å². The Kier molecular flexibility index (Phi) is 3.78. The van der Waals surface area contributed by atoms with E-state index < -0.39 is 0 Å². The molecule has 3 rings (SSSR count). The Bertz CT molecular complexity index is 549. The quantitative estimate of drug-likeness (QED) is 0.936. The molecule has 6 heteroatoms. The minimum Gasteiger partial charge on any atom is -0.497 e. The molecular weight excluding hydrogens is 266 g/mol. The van der Waals surface area contributed by atoms with E-state index in [9.17, 15) is 0 Å². The highest BCUT2D eigenvalue weighted by molar-refractivity contribution is 5.85. The van der Waals surface area contributed by atoms with Gasteiger partial charge in [0.05, 0.1) is 12.6 Å². The van der Waals surface area contributed by atoms with Crippen molar-refractivity contribution in [3.63, 3.8) is 0 Å². The van der Waals surface area contributed by atoms with Crippen molar-refractivity contribution in [2.24, 2.45) is 5.73 Å². The second-order valence-corrected chi connectivity index (χ2v) is 4.66. The number of rotatable bonds is 3. The molecule has 1 saturated carbocycles. The summed E-state index contributed by atoms with van der Waals surface area (Å²) in [6.45, 7) is 0. The standard InChI is InChI=1S/C13H15N3O2.ClH/c1-17-10-5-3-9(4-6-10)11-15-12(16-18-11)13(14)7-2-8-13;/h3-6H,2,7-8,14H2,1H3;1H. The summed E-state index contributed by atoms with van der Waals surface area (Å²) in [4.78, 5) is 4.39. The molecule has 1 heterocycles. The third-order valence-corrected chi connectivity index (χ3v) is 3.45. The van der Waals surface area contributed by atoms with Crippen LogP contribution < -0.4 is 10.5 Å². The number of methoxy groups -OCH3 is 1. The zero-order valence-corrected chi connectivity index (χ0v) is 11.4. The first-order valence-electron chi connectivity index (χ1n) is 5.99. The molecule has 102 valence electrons. The lowest BCUT2D eigenvalue weighted by atomic mass is 9.77. The molecule has 19 heavy (non-hydrogen) atoms. The monoisotopic (exact) mass is 281 g/mol. The molecule has 1 aliphatic carbocycles. The summed E-state index contributed by atoms with van der Waals surface area (Å²) >= 11 is 0. The number of hydrogen-bond donors (Lipinski definition) is 1. The van der Waals surface area contributed by atoms with Crippen molar-refractivity contribution in [3.8, 4) is 17.2 Å². The van der Waals surface area contributed by atoms with Gasteiger partial charge < -0.3 is 15.0 Å². The fraction of sp³-hybridized carbons (Fsp3) is 0.385. The van der Waals surface area contributed by atoms with Crippen molar-refractivity contribution < 1.29 is 9.26 Å². The molecule has 2 N–H and O–H groups in total. The van der Waals surface area contributed by atoms with Crippen molar-refractivity contribution >= 4 is 12.4 Å². The summed E-state index contributed by atoms with van der Waals surface area (Å²) in [5, 5.41) is 3.99. The Hall–Kier alpha value is -1.59. The molecule has 0 unspecified atom stereocenters. The second-order valence-electron chi connectivity index (χ2n) is 4.66. The van der Waals surface area contributed by atoms with Crippen LogP contribution in [-0.4, -0.2) is 17.3 Å². The summed E-state index contributed by atoms with van der Waals surface area (Å²) in [7, 11) is 1.63. The Labute approximate surface area is 117 Å². The highest BCUT2D eigenvalue weighted by Crippen LogP contribution is 2.37. The maximum atomic E-state index is 6.16. The van der Waals surface area contributed by atoms with E-state index in [-0.39, 0.29) is 17.9 Å². The molecule has 0 atom stereocenters. The van der Waals surface area contributed by atoms with Gasteiger partial charge in [-0.3, -0.25) is 0 Å². The maximum absolute atomic E-state index is 6.16. The number of nitrogens with zero attached hydrogens (tertiary/aromatic N) is 2. The lowest BCUT2D eigenvalue weighted by Gasteiger charge is -2.34. The highest BCUT2D eigenvalue weighted by atomic mass is 35.5. The third-order valence-electron chi connectivity index (χ3n) is 3.45. The first-order valence-corrected chi connectivity index (χ1v) is 5.99. The molecule has 5 nitrogen and oxygen atoms in total. The molecular formula is C13H16ClN3O2.